The van der Waals surface area contributed by atoms with Crippen molar-refractivity contribution < 1.29 is 14.7 Å². The average Bonchev–Trinajstić information content (AvgIpc) is 2.67. The van der Waals surface area contributed by atoms with E-state index in [0.717, 1.165) is 17.5 Å². The van der Waals surface area contributed by atoms with Crippen LogP contribution in [0.25, 0.3) is 0 Å². The lowest BCUT2D eigenvalue weighted by molar-refractivity contribution is -0.125. The molecule has 5 heteroatoms. The fraction of sp³-hybridized carbons (Fsp3) is 0.333. The molecule has 3 N–H and O–H groups in total. The Hall–Kier alpha value is -2.66. The minimum atomic E-state index is -1.23. The van der Waals surface area contributed by atoms with Crippen LogP contribution in [-0.2, 0) is 15.2 Å². The van der Waals surface area contributed by atoms with Crippen LogP contribution in [0.3, 0.4) is 0 Å². The Morgan fingerprint density at radius 2 is 1.65 bits per heavy atom. The second-order valence-corrected chi connectivity index (χ2v) is 6.70. The zero-order valence-corrected chi connectivity index (χ0v) is 14.7. The van der Waals surface area contributed by atoms with E-state index in [0.29, 0.717) is 13.0 Å². The second-order valence-electron chi connectivity index (χ2n) is 6.70. The molecule has 2 aromatic rings. The number of rotatable bonds is 6. The third-order valence-electron chi connectivity index (χ3n) is 4.83. The topological polar surface area (TPSA) is 78.4 Å². The summed E-state index contributed by atoms with van der Waals surface area (Å²) in [5, 5.41) is 17.1. The number of hydrogen-bond acceptors (Lipinski definition) is 3. The maximum Gasteiger partial charge on any atom is 0.222 e. The normalized spacial score (nSPS) is 17.4. The van der Waals surface area contributed by atoms with E-state index in [4.69, 9.17) is 0 Å². The Morgan fingerprint density at radius 3 is 2.19 bits per heavy atom. The van der Waals surface area contributed by atoms with Gasteiger partial charge in [-0.3, -0.25) is 9.59 Å². The third-order valence-corrected chi connectivity index (χ3v) is 4.83. The number of aliphatic hydroxyl groups is 1. The lowest BCUT2D eigenvalue weighted by Crippen LogP contribution is -2.45. The molecule has 1 unspecified atom stereocenters. The van der Waals surface area contributed by atoms with Gasteiger partial charge in [0.15, 0.2) is 0 Å². The molecule has 0 aliphatic carbocycles. The molecule has 0 aromatic heterocycles. The monoisotopic (exact) mass is 352 g/mol. The summed E-state index contributed by atoms with van der Waals surface area (Å²) < 4.78 is 0. The van der Waals surface area contributed by atoms with Crippen molar-refractivity contribution in [2.45, 2.75) is 37.3 Å². The summed E-state index contributed by atoms with van der Waals surface area (Å²) in [5.74, 6) is -0.179. The van der Waals surface area contributed by atoms with Crippen molar-refractivity contribution in [1.29, 1.82) is 0 Å². The van der Waals surface area contributed by atoms with E-state index in [9.17, 15) is 14.7 Å². The van der Waals surface area contributed by atoms with Crippen LogP contribution in [0.1, 0.15) is 36.8 Å². The summed E-state index contributed by atoms with van der Waals surface area (Å²) in [6, 6.07) is 18.7. The van der Waals surface area contributed by atoms with E-state index < -0.39 is 5.60 Å². The van der Waals surface area contributed by atoms with Gasteiger partial charge in [-0.25, -0.2) is 0 Å². The van der Waals surface area contributed by atoms with E-state index in [2.05, 4.69) is 10.6 Å². The molecule has 1 aliphatic heterocycles. The highest BCUT2D eigenvalue weighted by molar-refractivity contribution is 5.80. The standard InChI is InChI=1S/C21H24N2O3/c24-19(23-18-12-14-22-20(25)15-18)11-13-21(26,16-7-3-1-4-8-16)17-9-5-2-6-10-17/h1-10,18,26H,11-15H2,(H,22,25)(H,23,24). The van der Waals surface area contributed by atoms with Crippen LogP contribution in [0, 0.1) is 0 Å². The second kappa shape index (κ2) is 8.15. The van der Waals surface area contributed by atoms with Crippen LogP contribution in [0.2, 0.25) is 0 Å². The zero-order valence-electron chi connectivity index (χ0n) is 14.7. The SMILES string of the molecule is O=C1CC(NC(=O)CCC(O)(c2ccccc2)c2ccccc2)CCN1. The molecule has 0 spiro atoms. The summed E-state index contributed by atoms with van der Waals surface area (Å²) >= 11 is 0. The predicted molar refractivity (Wildman–Crippen MR) is 99.3 cm³/mol. The Bertz CT molecular complexity index is 707. The summed E-state index contributed by atoms with van der Waals surface area (Å²) in [4.78, 5) is 23.8. The largest absolute Gasteiger partial charge is 0.380 e. The van der Waals surface area contributed by atoms with Crippen LogP contribution in [0.4, 0.5) is 0 Å². The molecule has 1 saturated heterocycles. The van der Waals surface area contributed by atoms with Crippen LogP contribution in [0.5, 0.6) is 0 Å². The van der Waals surface area contributed by atoms with Gasteiger partial charge in [0, 0.05) is 25.4 Å². The Labute approximate surface area is 153 Å². The number of nitrogens with one attached hydrogen (secondary N) is 2. The van der Waals surface area contributed by atoms with Gasteiger partial charge in [0.05, 0.1) is 0 Å². The highest BCUT2D eigenvalue weighted by Crippen LogP contribution is 2.34. The number of benzene rings is 2. The minimum Gasteiger partial charge on any atom is -0.380 e. The van der Waals surface area contributed by atoms with E-state index >= 15 is 0 Å². The van der Waals surface area contributed by atoms with Crippen molar-refractivity contribution >= 4 is 11.8 Å². The molecule has 1 heterocycles. The molecule has 2 amide bonds. The smallest absolute Gasteiger partial charge is 0.222 e. The molecule has 0 radical (unpaired) electrons. The van der Waals surface area contributed by atoms with Crippen LogP contribution in [-0.4, -0.2) is 29.5 Å². The lowest BCUT2D eigenvalue weighted by atomic mass is 9.82. The molecule has 1 aliphatic rings. The third kappa shape index (κ3) is 4.29. The number of hydrogen-bond donors (Lipinski definition) is 3. The van der Waals surface area contributed by atoms with Crippen molar-refractivity contribution in [2.75, 3.05) is 6.54 Å². The first kappa shape index (κ1) is 18.1. The van der Waals surface area contributed by atoms with Gasteiger partial charge in [-0.15, -0.1) is 0 Å². The molecule has 5 nitrogen and oxygen atoms in total. The van der Waals surface area contributed by atoms with Crippen molar-refractivity contribution in [1.82, 2.24) is 10.6 Å². The van der Waals surface area contributed by atoms with Crippen LogP contribution < -0.4 is 10.6 Å². The predicted octanol–water partition coefficient (Wildman–Crippen LogP) is 2.10. The first-order valence-electron chi connectivity index (χ1n) is 8.97. The Balaban J connectivity index is 1.70. The fourth-order valence-corrected chi connectivity index (χ4v) is 3.38. The van der Waals surface area contributed by atoms with Gasteiger partial charge in [0.1, 0.15) is 5.60 Å². The molecule has 3 rings (SSSR count). The Morgan fingerprint density at radius 1 is 1.08 bits per heavy atom. The first-order chi connectivity index (χ1) is 12.6. The highest BCUT2D eigenvalue weighted by atomic mass is 16.3. The van der Waals surface area contributed by atoms with Gasteiger partial charge in [-0.05, 0) is 24.0 Å². The molecule has 1 atom stereocenters. The molecular weight excluding hydrogens is 328 g/mol. The maximum atomic E-state index is 12.4. The number of carbonyl (C=O) groups is 2. The average molecular weight is 352 g/mol. The van der Waals surface area contributed by atoms with Crippen molar-refractivity contribution in [2.24, 2.45) is 0 Å². The van der Waals surface area contributed by atoms with E-state index in [1.807, 2.05) is 60.7 Å². The van der Waals surface area contributed by atoms with Crippen molar-refractivity contribution in [3.8, 4) is 0 Å². The molecule has 26 heavy (non-hydrogen) atoms. The van der Waals surface area contributed by atoms with E-state index in [1.165, 1.54) is 0 Å². The zero-order chi connectivity index (χ0) is 18.4. The molecule has 0 saturated carbocycles. The first-order valence-corrected chi connectivity index (χ1v) is 8.97. The summed E-state index contributed by atoms with van der Waals surface area (Å²) in [5.41, 5.74) is 0.288. The van der Waals surface area contributed by atoms with Crippen molar-refractivity contribution in [3.05, 3.63) is 71.8 Å². The minimum absolute atomic E-state index is 0.0355. The molecular formula is C21H24N2O3. The van der Waals surface area contributed by atoms with Gasteiger partial charge in [-0.1, -0.05) is 60.7 Å². The highest BCUT2D eigenvalue weighted by Gasteiger charge is 2.32. The summed E-state index contributed by atoms with van der Waals surface area (Å²) in [6.45, 7) is 0.585. The van der Waals surface area contributed by atoms with E-state index in [1.54, 1.807) is 0 Å². The van der Waals surface area contributed by atoms with E-state index in [-0.39, 0.29) is 30.7 Å². The van der Waals surface area contributed by atoms with Crippen LogP contribution >= 0.6 is 0 Å². The van der Waals surface area contributed by atoms with Gasteiger partial charge in [0.2, 0.25) is 11.8 Å². The Kier molecular flexibility index (Phi) is 5.68. The quantitative estimate of drug-likeness (QED) is 0.745. The lowest BCUT2D eigenvalue weighted by Gasteiger charge is -2.30. The molecule has 2 aromatic carbocycles. The van der Waals surface area contributed by atoms with Crippen molar-refractivity contribution in [3.63, 3.8) is 0 Å². The maximum absolute atomic E-state index is 12.4. The fourth-order valence-electron chi connectivity index (χ4n) is 3.38. The summed E-state index contributed by atoms with van der Waals surface area (Å²) in [6.07, 6.45) is 1.50. The van der Waals surface area contributed by atoms with Gasteiger partial charge < -0.3 is 15.7 Å². The van der Waals surface area contributed by atoms with Gasteiger partial charge >= 0.3 is 0 Å². The van der Waals surface area contributed by atoms with Crippen LogP contribution in [0.15, 0.2) is 60.7 Å². The number of carbonyl (C=O) groups excluding carboxylic acids is 2. The van der Waals surface area contributed by atoms with Gasteiger partial charge in [0.25, 0.3) is 0 Å². The molecule has 1 fully saturated rings. The number of amides is 2. The summed E-state index contributed by atoms with van der Waals surface area (Å²) in [7, 11) is 0. The number of piperidine rings is 1. The molecule has 0 bridgehead atoms. The van der Waals surface area contributed by atoms with Gasteiger partial charge in [-0.2, -0.15) is 0 Å². The molecule has 136 valence electrons.